The van der Waals surface area contributed by atoms with Crippen molar-refractivity contribution in [1.82, 2.24) is 9.55 Å². The molecular formula is C23H21Cl2N3. The molecule has 0 radical (unpaired) electrons. The van der Waals surface area contributed by atoms with Crippen LogP contribution >= 0.6 is 23.2 Å². The van der Waals surface area contributed by atoms with Crippen molar-refractivity contribution >= 4 is 39.8 Å². The molecule has 142 valence electrons. The highest BCUT2D eigenvalue weighted by atomic mass is 35.5. The van der Waals surface area contributed by atoms with Gasteiger partial charge in [-0.1, -0.05) is 23.2 Å². The minimum atomic E-state index is -0.159. The van der Waals surface area contributed by atoms with Gasteiger partial charge in [-0.15, -0.1) is 0 Å². The first kappa shape index (κ1) is 17.7. The normalized spacial score (nSPS) is 18.8. The second-order valence-corrected chi connectivity index (χ2v) is 8.87. The zero-order valence-corrected chi connectivity index (χ0v) is 17.6. The maximum atomic E-state index is 6.38. The molecule has 0 saturated heterocycles. The van der Waals surface area contributed by atoms with Gasteiger partial charge in [0, 0.05) is 82.4 Å². The van der Waals surface area contributed by atoms with Crippen LogP contribution in [0.1, 0.15) is 18.1 Å². The van der Waals surface area contributed by atoms with E-state index in [9.17, 15) is 0 Å². The Kier molecular flexibility index (Phi) is 3.84. The quantitative estimate of drug-likeness (QED) is 0.416. The van der Waals surface area contributed by atoms with E-state index >= 15 is 0 Å². The molecule has 5 rings (SSSR count). The van der Waals surface area contributed by atoms with Crippen LogP contribution in [0.25, 0.3) is 22.0 Å². The number of aromatic amines is 1. The SMILES string of the molecule is CN1C[C@](C)(c2cn(C)cc2-c2c[nH]c3ccc(Cl)cc23)c2cc(Cl)ccc21. The Bertz CT molecular complexity index is 1220. The van der Waals surface area contributed by atoms with Crippen LogP contribution in [-0.2, 0) is 12.5 Å². The summed E-state index contributed by atoms with van der Waals surface area (Å²) < 4.78 is 2.14. The number of nitrogens with one attached hydrogen (secondary N) is 1. The molecule has 0 bridgehead atoms. The summed E-state index contributed by atoms with van der Waals surface area (Å²) in [6.45, 7) is 3.22. The Morgan fingerprint density at radius 1 is 0.929 bits per heavy atom. The summed E-state index contributed by atoms with van der Waals surface area (Å²) in [5.41, 5.74) is 7.13. The van der Waals surface area contributed by atoms with Gasteiger partial charge in [0.1, 0.15) is 0 Å². The number of aromatic nitrogens is 2. The molecule has 1 N–H and O–H groups in total. The Labute approximate surface area is 174 Å². The van der Waals surface area contributed by atoms with Gasteiger partial charge in [0.05, 0.1) is 0 Å². The number of rotatable bonds is 2. The Balaban J connectivity index is 1.76. The second kappa shape index (κ2) is 6.07. The summed E-state index contributed by atoms with van der Waals surface area (Å²) in [5, 5.41) is 2.66. The lowest BCUT2D eigenvalue weighted by Crippen LogP contribution is -2.30. The molecule has 0 saturated carbocycles. The van der Waals surface area contributed by atoms with E-state index in [1.54, 1.807) is 0 Å². The highest BCUT2D eigenvalue weighted by Crippen LogP contribution is 2.49. The van der Waals surface area contributed by atoms with Crippen molar-refractivity contribution in [2.45, 2.75) is 12.3 Å². The van der Waals surface area contributed by atoms with Crippen molar-refractivity contribution in [2.75, 3.05) is 18.5 Å². The fraction of sp³-hybridized carbons (Fsp3) is 0.217. The highest BCUT2D eigenvalue weighted by Gasteiger charge is 2.41. The van der Waals surface area contributed by atoms with Crippen molar-refractivity contribution in [2.24, 2.45) is 7.05 Å². The summed E-state index contributed by atoms with van der Waals surface area (Å²) in [7, 11) is 4.22. The minimum absolute atomic E-state index is 0.159. The van der Waals surface area contributed by atoms with Crippen LogP contribution in [0.4, 0.5) is 5.69 Å². The smallest absolute Gasteiger partial charge is 0.0461 e. The number of nitrogens with zero attached hydrogens (tertiary/aromatic N) is 2. The number of H-pyrrole nitrogens is 1. The fourth-order valence-corrected chi connectivity index (χ4v) is 5.06. The van der Waals surface area contributed by atoms with Gasteiger partial charge in [0.15, 0.2) is 0 Å². The zero-order chi connectivity index (χ0) is 19.6. The number of benzene rings is 2. The van der Waals surface area contributed by atoms with E-state index in [2.05, 4.69) is 66.2 Å². The number of hydrogen-bond acceptors (Lipinski definition) is 1. The van der Waals surface area contributed by atoms with Crippen molar-refractivity contribution in [3.05, 3.63) is 76.2 Å². The lowest BCUT2D eigenvalue weighted by molar-refractivity contribution is 0.609. The summed E-state index contributed by atoms with van der Waals surface area (Å²) in [6, 6.07) is 12.2. The molecular weight excluding hydrogens is 389 g/mol. The third-order valence-corrected chi connectivity index (χ3v) is 6.47. The number of aryl methyl sites for hydroxylation is 1. The van der Waals surface area contributed by atoms with Crippen LogP contribution in [0, 0.1) is 0 Å². The predicted octanol–water partition coefficient (Wildman–Crippen LogP) is 6.24. The minimum Gasteiger partial charge on any atom is -0.373 e. The van der Waals surface area contributed by atoms with E-state index in [0.29, 0.717) is 0 Å². The molecule has 1 atom stereocenters. The van der Waals surface area contributed by atoms with Crippen molar-refractivity contribution in [1.29, 1.82) is 0 Å². The Hall–Kier alpha value is -2.36. The van der Waals surface area contributed by atoms with Crippen LogP contribution in [0.5, 0.6) is 0 Å². The fourth-order valence-electron chi connectivity index (χ4n) is 4.71. The third-order valence-electron chi connectivity index (χ3n) is 6.00. The summed E-state index contributed by atoms with van der Waals surface area (Å²) >= 11 is 12.7. The first-order valence-electron chi connectivity index (χ1n) is 9.31. The van der Waals surface area contributed by atoms with Gasteiger partial charge in [-0.25, -0.2) is 0 Å². The van der Waals surface area contributed by atoms with Crippen molar-refractivity contribution in [3.8, 4) is 11.1 Å². The maximum Gasteiger partial charge on any atom is 0.0461 e. The molecule has 2 aromatic carbocycles. The van der Waals surface area contributed by atoms with E-state index in [1.165, 1.54) is 27.9 Å². The molecule has 1 aliphatic heterocycles. The van der Waals surface area contributed by atoms with E-state index < -0.39 is 0 Å². The summed E-state index contributed by atoms with van der Waals surface area (Å²) in [4.78, 5) is 5.71. The molecule has 3 nitrogen and oxygen atoms in total. The molecule has 1 aliphatic rings. The van der Waals surface area contributed by atoms with Crippen LogP contribution in [0.15, 0.2) is 55.0 Å². The van der Waals surface area contributed by atoms with Gasteiger partial charge in [0.2, 0.25) is 0 Å². The topological polar surface area (TPSA) is 24.0 Å². The molecule has 2 aromatic heterocycles. The van der Waals surface area contributed by atoms with E-state index in [4.69, 9.17) is 23.2 Å². The molecule has 0 aliphatic carbocycles. The molecule has 4 aromatic rings. The van der Waals surface area contributed by atoms with E-state index in [1.807, 2.05) is 24.3 Å². The van der Waals surface area contributed by atoms with Gasteiger partial charge in [0.25, 0.3) is 0 Å². The Morgan fingerprint density at radius 2 is 1.68 bits per heavy atom. The van der Waals surface area contributed by atoms with Gasteiger partial charge in [-0.2, -0.15) is 0 Å². The van der Waals surface area contributed by atoms with Crippen LogP contribution < -0.4 is 4.90 Å². The zero-order valence-electron chi connectivity index (χ0n) is 16.1. The lowest BCUT2D eigenvalue weighted by atomic mass is 9.76. The summed E-state index contributed by atoms with van der Waals surface area (Å²) in [5.74, 6) is 0. The average Bonchev–Trinajstić information content (AvgIpc) is 3.30. The molecule has 0 amide bonds. The van der Waals surface area contributed by atoms with Gasteiger partial charge in [-0.3, -0.25) is 0 Å². The van der Waals surface area contributed by atoms with Gasteiger partial charge in [-0.05, 0) is 54.4 Å². The second-order valence-electron chi connectivity index (χ2n) is 7.99. The van der Waals surface area contributed by atoms with Crippen LogP contribution in [-0.4, -0.2) is 23.1 Å². The molecule has 28 heavy (non-hydrogen) atoms. The Morgan fingerprint density at radius 3 is 2.50 bits per heavy atom. The third kappa shape index (κ3) is 2.50. The lowest BCUT2D eigenvalue weighted by Gasteiger charge is -2.26. The van der Waals surface area contributed by atoms with Crippen molar-refractivity contribution < 1.29 is 0 Å². The molecule has 0 unspecified atom stereocenters. The van der Waals surface area contributed by atoms with Gasteiger partial charge >= 0.3 is 0 Å². The van der Waals surface area contributed by atoms with Crippen LogP contribution in [0.2, 0.25) is 10.0 Å². The molecule has 5 heteroatoms. The molecule has 3 heterocycles. The number of likely N-dealkylation sites (N-methyl/N-ethyl adjacent to an activating group) is 1. The summed E-state index contributed by atoms with van der Waals surface area (Å²) in [6.07, 6.45) is 6.52. The standard InChI is InChI=1S/C23H21Cl2N3/c1-23(13-28(3)22-7-5-15(25)9-19(22)23)20-12-27(2)11-18(20)17-10-26-21-6-4-14(24)8-16(17)21/h4-12,26H,13H2,1-3H3/t23-/m0/s1. The monoisotopic (exact) mass is 409 g/mol. The number of hydrogen-bond donors (Lipinski definition) is 1. The van der Waals surface area contributed by atoms with Gasteiger partial charge < -0.3 is 14.5 Å². The number of halogens is 2. The molecule has 0 fully saturated rings. The average molecular weight is 410 g/mol. The predicted molar refractivity (Wildman–Crippen MR) is 119 cm³/mol. The van der Waals surface area contributed by atoms with Crippen LogP contribution in [0.3, 0.4) is 0 Å². The van der Waals surface area contributed by atoms with Crippen molar-refractivity contribution in [3.63, 3.8) is 0 Å². The number of fused-ring (bicyclic) bond motifs is 2. The first-order valence-corrected chi connectivity index (χ1v) is 10.1. The van der Waals surface area contributed by atoms with E-state index in [-0.39, 0.29) is 5.41 Å². The largest absolute Gasteiger partial charge is 0.373 e. The number of anilines is 1. The highest BCUT2D eigenvalue weighted by molar-refractivity contribution is 6.31. The first-order chi connectivity index (χ1) is 13.4. The molecule has 0 spiro atoms. The van der Waals surface area contributed by atoms with E-state index in [0.717, 1.165) is 27.5 Å². The maximum absolute atomic E-state index is 6.38.